The Kier molecular flexibility index (Phi) is 1.09. The first kappa shape index (κ1) is 7.24. The van der Waals surface area contributed by atoms with Gasteiger partial charge in [0.1, 0.15) is 0 Å². The third kappa shape index (κ3) is 0.861. The molecule has 1 aliphatic heterocycles. The molecule has 5 rings (SSSR count). The van der Waals surface area contributed by atoms with Crippen LogP contribution in [0, 0.1) is 17.8 Å². The molecule has 4 bridgehead atoms. The van der Waals surface area contributed by atoms with E-state index >= 15 is 0 Å². The lowest BCUT2D eigenvalue weighted by atomic mass is 9.63. The van der Waals surface area contributed by atoms with Gasteiger partial charge in [0, 0.05) is 17.6 Å². The van der Waals surface area contributed by atoms with Crippen molar-refractivity contribution in [3.63, 3.8) is 0 Å². The lowest BCUT2D eigenvalue weighted by molar-refractivity contribution is 0.0908. The highest BCUT2D eigenvalue weighted by atomic mass is 15.2. The molecule has 0 aromatic heterocycles. The summed E-state index contributed by atoms with van der Waals surface area (Å²) >= 11 is 0. The highest BCUT2D eigenvalue weighted by molar-refractivity contribution is 5.17. The van der Waals surface area contributed by atoms with E-state index in [9.17, 15) is 0 Å². The average Bonchev–Trinajstić information content (AvgIpc) is 2.77. The highest BCUT2D eigenvalue weighted by Crippen LogP contribution is 2.55. The molecule has 4 saturated carbocycles. The first-order chi connectivity index (χ1) is 6.23. The molecule has 1 heterocycles. The Morgan fingerprint density at radius 2 is 1.62 bits per heavy atom. The van der Waals surface area contributed by atoms with Crippen molar-refractivity contribution in [2.45, 2.75) is 49.7 Å². The van der Waals surface area contributed by atoms with Crippen LogP contribution >= 0.6 is 0 Å². The first-order valence-electron chi connectivity index (χ1n) is 5.78. The lowest BCUT2D eigenvalue weighted by Crippen LogP contribution is -2.51. The summed E-state index contributed by atoms with van der Waals surface area (Å²) in [6.07, 6.45) is 6.91. The average molecular weight is 178 g/mol. The molecule has 2 nitrogen and oxygen atoms in total. The molecule has 0 spiro atoms. The molecule has 0 aromatic carbocycles. The maximum Gasteiger partial charge on any atom is 0.0256 e. The van der Waals surface area contributed by atoms with Gasteiger partial charge >= 0.3 is 0 Å². The number of nitrogens with two attached hydrogens (primary N) is 1. The van der Waals surface area contributed by atoms with Crippen LogP contribution in [-0.2, 0) is 0 Å². The van der Waals surface area contributed by atoms with E-state index in [2.05, 4.69) is 5.32 Å². The molecule has 1 saturated heterocycles. The van der Waals surface area contributed by atoms with Crippen molar-refractivity contribution in [2.24, 2.45) is 23.5 Å². The van der Waals surface area contributed by atoms with Gasteiger partial charge in [0.15, 0.2) is 0 Å². The van der Waals surface area contributed by atoms with Crippen molar-refractivity contribution in [1.29, 1.82) is 0 Å². The Hall–Kier alpha value is -0.0800. The minimum Gasteiger partial charge on any atom is -0.325 e. The first-order valence-corrected chi connectivity index (χ1v) is 5.78. The standard InChI is InChI=1S/C11H18N2/c12-11-3-6-1-7(4-11)9-10(13-9)8(2-6)5-11/h6-10,13H,1-5,12H2. The summed E-state index contributed by atoms with van der Waals surface area (Å²) in [6, 6.07) is 1.75. The molecule has 3 N–H and O–H groups in total. The normalized spacial score (nSPS) is 67.6. The number of rotatable bonds is 0. The van der Waals surface area contributed by atoms with E-state index in [0.717, 1.165) is 29.8 Å². The number of hydrogen-bond acceptors (Lipinski definition) is 2. The monoisotopic (exact) mass is 178 g/mol. The smallest absolute Gasteiger partial charge is 0.0256 e. The van der Waals surface area contributed by atoms with E-state index in [4.69, 9.17) is 5.73 Å². The Bertz CT molecular complexity index is 243. The number of hydrogen-bond donors (Lipinski definition) is 2. The summed E-state index contributed by atoms with van der Waals surface area (Å²) in [5.74, 6) is 2.85. The molecular formula is C11H18N2. The van der Waals surface area contributed by atoms with E-state index in [1.54, 1.807) is 0 Å². The van der Waals surface area contributed by atoms with Gasteiger partial charge in [-0.05, 0) is 49.9 Å². The van der Waals surface area contributed by atoms with Crippen molar-refractivity contribution in [2.75, 3.05) is 0 Å². The van der Waals surface area contributed by atoms with E-state index in [1.165, 1.54) is 32.1 Å². The summed E-state index contributed by atoms with van der Waals surface area (Å²) in [4.78, 5) is 0. The van der Waals surface area contributed by atoms with Crippen LogP contribution in [-0.4, -0.2) is 17.6 Å². The predicted octanol–water partition coefficient (Wildman–Crippen LogP) is 0.864. The molecular weight excluding hydrogens is 160 g/mol. The third-order valence-corrected chi connectivity index (χ3v) is 4.98. The SMILES string of the molecule is NC12CC3CC(C1)C1NC1C(C3)C2. The molecule has 4 aliphatic carbocycles. The van der Waals surface area contributed by atoms with Gasteiger partial charge in [-0.2, -0.15) is 0 Å². The topological polar surface area (TPSA) is 48.0 Å². The molecule has 13 heavy (non-hydrogen) atoms. The van der Waals surface area contributed by atoms with Crippen molar-refractivity contribution < 1.29 is 0 Å². The van der Waals surface area contributed by atoms with Gasteiger partial charge in [-0.3, -0.25) is 0 Å². The van der Waals surface area contributed by atoms with Gasteiger partial charge in [-0.25, -0.2) is 0 Å². The van der Waals surface area contributed by atoms with Crippen molar-refractivity contribution >= 4 is 0 Å². The van der Waals surface area contributed by atoms with Crippen LogP contribution in [0.5, 0.6) is 0 Å². The zero-order valence-electron chi connectivity index (χ0n) is 8.00. The lowest BCUT2D eigenvalue weighted by Gasteiger charge is -2.47. The van der Waals surface area contributed by atoms with Crippen LogP contribution in [0.3, 0.4) is 0 Å². The van der Waals surface area contributed by atoms with Crippen molar-refractivity contribution in [3.05, 3.63) is 0 Å². The third-order valence-electron chi connectivity index (χ3n) is 4.98. The van der Waals surface area contributed by atoms with Crippen LogP contribution in [0.1, 0.15) is 32.1 Å². The maximum atomic E-state index is 6.48. The summed E-state index contributed by atoms with van der Waals surface area (Å²) in [5.41, 5.74) is 6.73. The van der Waals surface area contributed by atoms with Crippen molar-refractivity contribution in [1.82, 2.24) is 5.32 Å². The second-order valence-corrected chi connectivity index (χ2v) is 6.05. The van der Waals surface area contributed by atoms with Crippen LogP contribution in [0.2, 0.25) is 0 Å². The summed E-state index contributed by atoms with van der Waals surface area (Å²) < 4.78 is 0. The van der Waals surface area contributed by atoms with E-state index < -0.39 is 0 Å². The highest BCUT2D eigenvalue weighted by Gasteiger charge is 2.59. The van der Waals surface area contributed by atoms with Gasteiger partial charge in [0.05, 0.1) is 0 Å². The van der Waals surface area contributed by atoms with Crippen LogP contribution in [0.25, 0.3) is 0 Å². The Morgan fingerprint density at radius 1 is 1.00 bits per heavy atom. The summed E-state index contributed by atoms with van der Waals surface area (Å²) in [7, 11) is 0. The molecule has 0 aromatic rings. The minimum absolute atomic E-state index is 0.256. The molecule has 2 heteroatoms. The van der Waals surface area contributed by atoms with Crippen LogP contribution in [0.15, 0.2) is 0 Å². The maximum absolute atomic E-state index is 6.48. The largest absolute Gasteiger partial charge is 0.325 e. The fourth-order valence-electron chi connectivity index (χ4n) is 4.73. The molecule has 0 radical (unpaired) electrons. The fraction of sp³-hybridized carbons (Fsp3) is 1.00. The Morgan fingerprint density at radius 3 is 2.15 bits per heavy atom. The molecule has 5 aliphatic rings. The Labute approximate surface area is 79.3 Å². The molecule has 0 amide bonds. The van der Waals surface area contributed by atoms with E-state index in [0.29, 0.717) is 0 Å². The van der Waals surface area contributed by atoms with Gasteiger partial charge in [-0.1, -0.05) is 0 Å². The Balaban J connectivity index is 1.79. The van der Waals surface area contributed by atoms with E-state index in [1.807, 2.05) is 0 Å². The molecule has 5 fully saturated rings. The zero-order chi connectivity index (χ0) is 8.63. The molecule has 4 atom stereocenters. The molecule has 72 valence electrons. The minimum atomic E-state index is 0.256. The summed E-state index contributed by atoms with van der Waals surface area (Å²) in [6.45, 7) is 0. The van der Waals surface area contributed by atoms with Gasteiger partial charge in [0.25, 0.3) is 0 Å². The van der Waals surface area contributed by atoms with Gasteiger partial charge < -0.3 is 11.1 Å². The van der Waals surface area contributed by atoms with E-state index in [-0.39, 0.29) is 5.54 Å². The second kappa shape index (κ2) is 1.96. The van der Waals surface area contributed by atoms with Crippen LogP contribution < -0.4 is 11.1 Å². The fourth-order valence-corrected chi connectivity index (χ4v) is 4.73. The molecule has 4 unspecified atom stereocenters. The van der Waals surface area contributed by atoms with Gasteiger partial charge in [-0.15, -0.1) is 0 Å². The zero-order valence-corrected chi connectivity index (χ0v) is 8.00. The number of nitrogens with one attached hydrogen (secondary N) is 1. The second-order valence-electron chi connectivity index (χ2n) is 6.05. The van der Waals surface area contributed by atoms with Crippen molar-refractivity contribution in [3.8, 4) is 0 Å². The van der Waals surface area contributed by atoms with Crippen LogP contribution in [0.4, 0.5) is 0 Å². The van der Waals surface area contributed by atoms with Gasteiger partial charge in [0.2, 0.25) is 0 Å². The quantitative estimate of drug-likeness (QED) is 0.541. The summed E-state index contributed by atoms with van der Waals surface area (Å²) in [5, 5.41) is 3.68. The predicted molar refractivity (Wildman–Crippen MR) is 51.2 cm³/mol.